The lowest BCUT2D eigenvalue weighted by molar-refractivity contribution is -0.134. The lowest BCUT2D eigenvalue weighted by Crippen LogP contribution is -2.43. The van der Waals surface area contributed by atoms with Crippen LogP contribution in [0.1, 0.15) is 24.8 Å². The Hall–Kier alpha value is -3.67. The fourth-order valence-electron chi connectivity index (χ4n) is 4.33. The van der Waals surface area contributed by atoms with Crippen LogP contribution in [0.25, 0.3) is 0 Å². The second kappa shape index (κ2) is 12.0. The molecule has 1 aromatic carbocycles. The molecule has 37 heavy (non-hydrogen) atoms. The monoisotopic (exact) mass is 519 g/mol. The molecule has 1 atom stereocenters. The van der Waals surface area contributed by atoms with Gasteiger partial charge in [0.15, 0.2) is 5.78 Å². The number of rotatable bonds is 9. The average Bonchev–Trinajstić information content (AvgIpc) is 3.09. The first-order chi connectivity index (χ1) is 17.8. The molecule has 0 spiro atoms. The molecule has 2 saturated heterocycles. The zero-order valence-electron chi connectivity index (χ0n) is 20.1. The van der Waals surface area contributed by atoms with Gasteiger partial charge < -0.3 is 9.64 Å². The van der Waals surface area contributed by atoms with E-state index in [1.807, 2.05) is 17.0 Å². The SMILES string of the molecule is O=C(CC[C@H]1CN(c2ccc(N3CCNN(C(=O)CCc4cccnc4)CC3)c(F)c2)C(=O)O1)C(F)F. The Kier molecular flexibility index (Phi) is 8.59. The van der Waals surface area contributed by atoms with E-state index in [0.717, 1.165) is 5.56 Å². The smallest absolute Gasteiger partial charge is 0.414 e. The molecule has 2 aliphatic heterocycles. The zero-order valence-corrected chi connectivity index (χ0v) is 20.1. The second-order valence-electron chi connectivity index (χ2n) is 8.86. The summed E-state index contributed by atoms with van der Waals surface area (Å²) in [4.78, 5) is 43.1. The van der Waals surface area contributed by atoms with Crippen LogP contribution in [0.4, 0.5) is 29.3 Å². The van der Waals surface area contributed by atoms with E-state index in [4.69, 9.17) is 4.74 Å². The third-order valence-electron chi connectivity index (χ3n) is 6.34. The summed E-state index contributed by atoms with van der Waals surface area (Å²) < 4.78 is 45.1. The number of aryl methyl sites for hydroxylation is 1. The molecule has 0 aliphatic carbocycles. The van der Waals surface area contributed by atoms with Crippen molar-refractivity contribution in [1.29, 1.82) is 0 Å². The maximum absolute atomic E-state index is 15.1. The van der Waals surface area contributed by atoms with Crippen LogP contribution in [0.5, 0.6) is 0 Å². The van der Waals surface area contributed by atoms with Gasteiger partial charge in [-0.25, -0.2) is 23.4 Å². The molecule has 2 amide bonds. The number of carbonyl (C=O) groups excluding carboxylic acids is 3. The third kappa shape index (κ3) is 6.76. The first-order valence-corrected chi connectivity index (χ1v) is 12.1. The molecule has 0 unspecified atom stereocenters. The third-order valence-corrected chi connectivity index (χ3v) is 6.34. The summed E-state index contributed by atoms with van der Waals surface area (Å²) in [5, 5.41) is 1.56. The minimum Gasteiger partial charge on any atom is -0.444 e. The minimum atomic E-state index is -3.05. The molecular weight excluding hydrogens is 491 g/mol. The van der Waals surface area contributed by atoms with Crippen molar-refractivity contribution in [2.75, 3.05) is 42.5 Å². The Morgan fingerprint density at radius 2 is 2.00 bits per heavy atom. The summed E-state index contributed by atoms with van der Waals surface area (Å²) in [6, 6.07) is 8.11. The predicted octanol–water partition coefficient (Wildman–Crippen LogP) is 2.95. The average molecular weight is 520 g/mol. The predicted molar refractivity (Wildman–Crippen MR) is 129 cm³/mol. The van der Waals surface area contributed by atoms with Crippen LogP contribution >= 0.6 is 0 Å². The molecule has 1 aromatic heterocycles. The number of hydrogen-bond donors (Lipinski definition) is 1. The molecule has 2 fully saturated rings. The summed E-state index contributed by atoms with van der Waals surface area (Å²) in [6.45, 7) is 1.72. The molecule has 1 N–H and O–H groups in total. The van der Waals surface area contributed by atoms with Gasteiger partial charge in [-0.2, -0.15) is 0 Å². The van der Waals surface area contributed by atoms with Gasteiger partial charge >= 0.3 is 6.09 Å². The largest absolute Gasteiger partial charge is 0.444 e. The minimum absolute atomic E-state index is 0.0236. The molecule has 0 bridgehead atoms. The van der Waals surface area contributed by atoms with Gasteiger partial charge in [0.05, 0.1) is 24.5 Å². The first kappa shape index (κ1) is 26.4. The number of amides is 2. The number of Topliss-reactive ketones (excluding diaryl/α,β-unsaturated/α-hetero) is 1. The molecule has 4 rings (SSSR count). The fourth-order valence-corrected chi connectivity index (χ4v) is 4.33. The van der Waals surface area contributed by atoms with Crippen LogP contribution in [-0.2, 0) is 20.7 Å². The van der Waals surface area contributed by atoms with Crippen molar-refractivity contribution in [1.82, 2.24) is 15.4 Å². The van der Waals surface area contributed by atoms with Crippen LogP contribution in [0, 0.1) is 5.82 Å². The number of halogens is 3. The van der Waals surface area contributed by atoms with E-state index in [1.54, 1.807) is 29.5 Å². The van der Waals surface area contributed by atoms with Crippen molar-refractivity contribution in [2.45, 2.75) is 38.2 Å². The van der Waals surface area contributed by atoms with E-state index in [9.17, 15) is 23.2 Å². The Labute approximate surface area is 212 Å². The summed E-state index contributed by atoms with van der Waals surface area (Å²) >= 11 is 0. The number of nitrogens with zero attached hydrogens (tertiary/aromatic N) is 4. The summed E-state index contributed by atoms with van der Waals surface area (Å²) in [5.74, 6) is -1.80. The number of anilines is 2. The second-order valence-corrected chi connectivity index (χ2v) is 8.86. The van der Waals surface area contributed by atoms with Gasteiger partial charge in [0.2, 0.25) is 5.91 Å². The highest BCUT2D eigenvalue weighted by atomic mass is 19.3. The Bertz CT molecular complexity index is 1120. The lowest BCUT2D eigenvalue weighted by Gasteiger charge is -2.24. The van der Waals surface area contributed by atoms with E-state index in [1.165, 1.54) is 11.0 Å². The molecule has 0 radical (unpaired) electrons. The van der Waals surface area contributed by atoms with E-state index in [0.29, 0.717) is 44.7 Å². The standard InChI is InChI=1S/C25H28F3N5O4/c26-20-14-18(32-16-19(37-25(32)36)5-7-22(34)24(27)28)4-6-21(20)31-11-10-30-33(13-12-31)23(35)8-3-17-2-1-9-29-15-17/h1-2,4,6,9,14-15,19,24,30H,3,5,7-8,10-13,16H2/t19-/m0/s1. The van der Waals surface area contributed by atoms with Crippen molar-refractivity contribution in [3.8, 4) is 0 Å². The number of benzene rings is 1. The van der Waals surface area contributed by atoms with E-state index in [-0.39, 0.29) is 24.6 Å². The Morgan fingerprint density at radius 1 is 1.16 bits per heavy atom. The highest BCUT2D eigenvalue weighted by molar-refractivity contribution is 5.90. The first-order valence-electron chi connectivity index (χ1n) is 12.1. The van der Waals surface area contributed by atoms with E-state index in [2.05, 4.69) is 10.4 Å². The lowest BCUT2D eigenvalue weighted by atomic mass is 10.1. The van der Waals surface area contributed by atoms with Gasteiger partial charge in [-0.15, -0.1) is 0 Å². The molecule has 0 saturated carbocycles. The number of alkyl halides is 2. The zero-order chi connectivity index (χ0) is 26.4. The molecule has 2 aliphatic rings. The van der Waals surface area contributed by atoms with Crippen molar-refractivity contribution in [3.05, 3.63) is 54.1 Å². The van der Waals surface area contributed by atoms with Gasteiger partial charge in [0.1, 0.15) is 11.9 Å². The van der Waals surface area contributed by atoms with Gasteiger partial charge in [-0.05, 0) is 42.7 Å². The fraction of sp³-hybridized carbons (Fsp3) is 0.440. The quantitative estimate of drug-likeness (QED) is 0.544. The van der Waals surface area contributed by atoms with Crippen LogP contribution in [0.15, 0.2) is 42.7 Å². The number of ether oxygens (including phenoxy) is 1. The molecule has 2 aromatic rings. The van der Waals surface area contributed by atoms with Gasteiger partial charge in [-0.1, -0.05) is 6.07 Å². The highest BCUT2D eigenvalue weighted by Crippen LogP contribution is 2.29. The van der Waals surface area contributed by atoms with Gasteiger partial charge in [0.25, 0.3) is 6.43 Å². The number of nitrogens with one attached hydrogen (secondary N) is 1. The van der Waals surface area contributed by atoms with Crippen LogP contribution in [-0.4, -0.2) is 73.0 Å². The van der Waals surface area contributed by atoms with Crippen molar-refractivity contribution in [3.63, 3.8) is 0 Å². The number of hydrogen-bond acceptors (Lipinski definition) is 7. The van der Waals surface area contributed by atoms with Crippen molar-refractivity contribution in [2.24, 2.45) is 0 Å². The van der Waals surface area contributed by atoms with Gasteiger partial charge in [0, 0.05) is 44.9 Å². The van der Waals surface area contributed by atoms with E-state index >= 15 is 4.39 Å². The van der Waals surface area contributed by atoms with Crippen LogP contribution < -0.4 is 15.2 Å². The topological polar surface area (TPSA) is 95.1 Å². The van der Waals surface area contributed by atoms with Gasteiger partial charge in [-0.3, -0.25) is 24.5 Å². The number of hydrazine groups is 1. The number of cyclic esters (lactones) is 1. The van der Waals surface area contributed by atoms with E-state index < -0.39 is 36.6 Å². The Morgan fingerprint density at radius 3 is 2.73 bits per heavy atom. The maximum atomic E-state index is 15.1. The maximum Gasteiger partial charge on any atom is 0.414 e. The van der Waals surface area contributed by atoms with Crippen molar-refractivity contribution >= 4 is 29.2 Å². The Balaban J connectivity index is 1.32. The van der Waals surface area contributed by atoms with Crippen molar-refractivity contribution < 1.29 is 32.3 Å². The summed E-state index contributed by atoms with van der Waals surface area (Å²) in [5.41, 5.74) is 4.68. The number of pyridine rings is 1. The highest BCUT2D eigenvalue weighted by Gasteiger charge is 2.33. The molecular formula is C25H28F3N5O4. The summed E-state index contributed by atoms with van der Waals surface area (Å²) in [6.07, 6.45) is -0.615. The normalized spacial score (nSPS) is 18.2. The summed E-state index contributed by atoms with van der Waals surface area (Å²) in [7, 11) is 0. The number of aromatic nitrogens is 1. The molecule has 9 nitrogen and oxygen atoms in total. The van der Waals surface area contributed by atoms with Crippen LogP contribution in [0.2, 0.25) is 0 Å². The number of ketones is 1. The van der Waals surface area contributed by atoms with Crippen LogP contribution in [0.3, 0.4) is 0 Å². The molecule has 12 heteroatoms. The molecule has 198 valence electrons. The number of carbonyl (C=O) groups is 3. The molecule has 3 heterocycles.